The monoisotopic (exact) mass is 1160 g/mol. The predicted molar refractivity (Wildman–Crippen MR) is 336 cm³/mol. The number of hydrogen-bond acceptors (Lipinski definition) is 4. The lowest BCUT2D eigenvalue weighted by Gasteiger charge is -2.36. The Bertz CT molecular complexity index is 4720. The van der Waals surface area contributed by atoms with Gasteiger partial charge in [0.15, 0.2) is 28.9 Å². The lowest BCUT2D eigenvalue weighted by Crippen LogP contribution is -2.31. The summed E-state index contributed by atoms with van der Waals surface area (Å²) < 4.78 is 119. The van der Waals surface area contributed by atoms with Gasteiger partial charge in [-0.3, -0.25) is 0 Å². The van der Waals surface area contributed by atoms with Gasteiger partial charge in [0.1, 0.15) is 40.2 Å². The minimum atomic E-state index is -1.71. The van der Waals surface area contributed by atoms with Crippen LogP contribution in [0.1, 0.15) is 55.6 Å². The molecule has 0 fully saturated rings. The molecule has 1 heterocycles. The van der Waals surface area contributed by atoms with E-state index in [2.05, 4.69) is 13.2 Å². The van der Waals surface area contributed by atoms with Crippen LogP contribution in [0.25, 0.3) is 56.3 Å². The van der Waals surface area contributed by atoms with E-state index < -0.39 is 45.7 Å². The maximum Gasteiger partial charge on any atom is 0.163 e. The first-order valence-corrected chi connectivity index (χ1v) is 28.5. The lowest BCUT2D eigenvalue weighted by molar-refractivity contribution is 0.473. The Balaban J connectivity index is 0.985. The van der Waals surface area contributed by atoms with Crippen molar-refractivity contribution >= 4 is 51.2 Å². The normalized spacial score (nSPS) is 15.3. The smallest absolute Gasteiger partial charge is 0.163 e. The molecule has 424 valence electrons. The number of furan rings is 1. The first-order valence-electron chi connectivity index (χ1n) is 28.5. The van der Waals surface area contributed by atoms with E-state index in [1.165, 1.54) is 0 Å². The van der Waals surface area contributed by atoms with E-state index in [0.29, 0.717) is 119 Å². The summed E-state index contributed by atoms with van der Waals surface area (Å²) >= 11 is 0. The first-order chi connectivity index (χ1) is 43.0. The standard InChI is InChI=1S/C78H47F6NO3/c1-3-46-20-30-54(31-21-46)86-56-34-24-48(25-35-56)77(68-40-50(79)42-70(81)74(68)83)64-16-8-5-12-58(64)60-38-28-52(44-66(60)77)85(72-18-11-15-63-62-14-7-10-19-73(62)88-76(63)72)53-29-39-61-59-13-6-9-17-65(59)78(67(61)45-53,69-41-51(80)43-71(82)75(69)84)49-26-36-57(37-27-49)87-55-32-22-47(4-2)23-33-55/h3-45H,1-2H2. The number of rotatable bonds is 13. The summed E-state index contributed by atoms with van der Waals surface area (Å²) in [6, 6.07) is 71.9. The minimum absolute atomic E-state index is 0.264. The molecule has 2 unspecified atom stereocenters. The van der Waals surface area contributed by atoms with Crippen molar-refractivity contribution in [3.05, 3.63) is 352 Å². The zero-order valence-corrected chi connectivity index (χ0v) is 46.7. The summed E-state index contributed by atoms with van der Waals surface area (Å²) in [5, 5.41) is 1.64. The van der Waals surface area contributed by atoms with Crippen LogP contribution < -0.4 is 14.4 Å². The third-order valence-electron chi connectivity index (χ3n) is 17.3. The molecular weight excluding hydrogens is 1110 g/mol. The molecule has 88 heavy (non-hydrogen) atoms. The molecule has 1 aromatic heterocycles. The van der Waals surface area contributed by atoms with Crippen molar-refractivity contribution < 1.29 is 40.2 Å². The summed E-state index contributed by atoms with van der Waals surface area (Å²) in [5.41, 5.74) is 6.32. The summed E-state index contributed by atoms with van der Waals surface area (Å²) in [7, 11) is 0. The van der Waals surface area contributed by atoms with Gasteiger partial charge in [-0.1, -0.05) is 165 Å². The van der Waals surface area contributed by atoms with E-state index in [1.807, 2.05) is 181 Å². The van der Waals surface area contributed by atoms with Crippen LogP contribution in [-0.2, 0) is 10.8 Å². The highest BCUT2D eigenvalue weighted by atomic mass is 19.2. The molecule has 2 aliphatic rings. The Labute approximate surface area is 502 Å². The molecule has 2 aliphatic carbocycles. The van der Waals surface area contributed by atoms with E-state index in [4.69, 9.17) is 13.9 Å². The van der Waals surface area contributed by atoms with Gasteiger partial charge >= 0.3 is 0 Å². The Morgan fingerprint density at radius 3 is 1.24 bits per heavy atom. The van der Waals surface area contributed by atoms with E-state index in [-0.39, 0.29) is 11.1 Å². The van der Waals surface area contributed by atoms with Crippen molar-refractivity contribution in [3.8, 4) is 45.3 Å². The Hall–Kier alpha value is -11.1. The number of anilines is 3. The summed E-state index contributed by atoms with van der Waals surface area (Å²) in [4.78, 5) is 1.97. The molecule has 0 radical (unpaired) electrons. The van der Waals surface area contributed by atoms with Crippen molar-refractivity contribution in [2.24, 2.45) is 0 Å². The molecule has 15 rings (SSSR count). The SMILES string of the molecule is C=Cc1ccc(Oc2ccc(C3(c4cc(F)cc(F)c4F)c4ccccc4-c4ccc(N(c5ccc6c(c5)C(c5ccc(Oc7ccc(C=C)cc7)cc5)(c5cc(F)cc(F)c5F)c5ccccc5-6)c5cccc6c5oc5ccccc56)cc43)cc2)cc1. The van der Waals surface area contributed by atoms with Crippen LogP contribution >= 0.6 is 0 Å². The summed E-state index contributed by atoms with van der Waals surface area (Å²) in [6.07, 6.45) is 3.46. The molecule has 0 saturated carbocycles. The van der Waals surface area contributed by atoms with Gasteiger partial charge in [0.05, 0.1) is 16.5 Å². The zero-order valence-electron chi connectivity index (χ0n) is 46.7. The van der Waals surface area contributed by atoms with Gasteiger partial charge in [-0.25, -0.2) is 26.3 Å². The Morgan fingerprint density at radius 2 is 0.773 bits per heavy atom. The topological polar surface area (TPSA) is 34.8 Å². The third-order valence-corrected chi connectivity index (χ3v) is 17.3. The molecule has 12 aromatic carbocycles. The molecule has 0 amide bonds. The molecule has 4 nitrogen and oxygen atoms in total. The average Bonchev–Trinajstić information content (AvgIpc) is 1.53. The van der Waals surface area contributed by atoms with Crippen LogP contribution in [0.2, 0.25) is 0 Å². The quantitative estimate of drug-likeness (QED) is 0.0851. The van der Waals surface area contributed by atoms with Crippen LogP contribution in [0, 0.1) is 34.9 Å². The molecule has 0 bridgehead atoms. The van der Waals surface area contributed by atoms with Gasteiger partial charge in [-0.15, -0.1) is 0 Å². The van der Waals surface area contributed by atoms with Gasteiger partial charge in [-0.2, -0.15) is 0 Å². The molecule has 0 N–H and O–H groups in total. The van der Waals surface area contributed by atoms with Crippen LogP contribution in [0.15, 0.2) is 266 Å². The van der Waals surface area contributed by atoms with Gasteiger partial charge in [0.25, 0.3) is 0 Å². The number of fused-ring (bicyclic) bond motifs is 9. The second kappa shape index (κ2) is 20.9. The van der Waals surface area contributed by atoms with Crippen molar-refractivity contribution in [2.75, 3.05) is 4.90 Å². The van der Waals surface area contributed by atoms with Crippen molar-refractivity contribution in [1.29, 1.82) is 0 Å². The molecule has 13 aromatic rings. The minimum Gasteiger partial charge on any atom is -0.457 e. The fourth-order valence-corrected chi connectivity index (χ4v) is 13.5. The fourth-order valence-electron chi connectivity index (χ4n) is 13.5. The van der Waals surface area contributed by atoms with Crippen molar-refractivity contribution in [1.82, 2.24) is 0 Å². The van der Waals surface area contributed by atoms with Gasteiger partial charge in [0.2, 0.25) is 0 Å². The first kappa shape index (κ1) is 53.6. The maximum atomic E-state index is 17.4. The van der Waals surface area contributed by atoms with Gasteiger partial charge in [-0.05, 0) is 164 Å². The number of ether oxygens (including phenoxy) is 2. The van der Waals surface area contributed by atoms with E-state index in [0.717, 1.165) is 34.0 Å². The highest BCUT2D eigenvalue weighted by Crippen LogP contribution is 2.61. The Kier molecular flexibility index (Phi) is 12.7. The summed E-state index contributed by atoms with van der Waals surface area (Å²) in [6.45, 7) is 7.69. The van der Waals surface area contributed by atoms with Crippen LogP contribution in [-0.4, -0.2) is 0 Å². The average molecular weight is 1160 g/mol. The van der Waals surface area contributed by atoms with E-state index in [9.17, 15) is 0 Å². The zero-order chi connectivity index (χ0) is 60.0. The lowest BCUT2D eigenvalue weighted by atomic mass is 9.67. The fraction of sp³-hybridized carbons (Fsp3) is 0.0256. The largest absolute Gasteiger partial charge is 0.457 e. The van der Waals surface area contributed by atoms with E-state index in [1.54, 1.807) is 60.7 Å². The predicted octanol–water partition coefficient (Wildman–Crippen LogP) is 21.5. The Morgan fingerprint density at radius 1 is 0.364 bits per heavy atom. The number of hydrogen-bond donors (Lipinski definition) is 0. The second-order valence-corrected chi connectivity index (χ2v) is 21.9. The molecule has 10 heteroatoms. The second-order valence-electron chi connectivity index (χ2n) is 21.9. The number of para-hydroxylation sites is 2. The summed E-state index contributed by atoms with van der Waals surface area (Å²) in [5.74, 6) is -5.14. The van der Waals surface area contributed by atoms with Crippen LogP contribution in [0.3, 0.4) is 0 Å². The maximum absolute atomic E-state index is 17.4. The third kappa shape index (κ3) is 8.31. The molecule has 0 spiro atoms. The van der Waals surface area contributed by atoms with Gasteiger partial charge in [0, 0.05) is 45.4 Å². The van der Waals surface area contributed by atoms with Crippen LogP contribution in [0.5, 0.6) is 23.0 Å². The number of benzene rings is 12. The highest BCUT2D eigenvalue weighted by molar-refractivity contribution is 6.10. The molecular formula is C78H47F6NO3. The van der Waals surface area contributed by atoms with Crippen LogP contribution in [0.4, 0.5) is 43.4 Å². The number of nitrogens with zero attached hydrogens (tertiary/aromatic N) is 1. The molecule has 0 aliphatic heterocycles. The number of halogens is 6. The molecule has 0 saturated heterocycles. The van der Waals surface area contributed by atoms with Gasteiger partial charge < -0.3 is 18.8 Å². The van der Waals surface area contributed by atoms with E-state index >= 15 is 26.3 Å². The molecule has 2 atom stereocenters. The van der Waals surface area contributed by atoms with Crippen molar-refractivity contribution in [3.63, 3.8) is 0 Å². The highest BCUT2D eigenvalue weighted by Gasteiger charge is 2.51. The van der Waals surface area contributed by atoms with Crippen molar-refractivity contribution in [2.45, 2.75) is 10.8 Å².